The molecule has 0 amide bonds. The smallest absolute Gasteiger partial charge is 0.241 e. The van der Waals surface area contributed by atoms with Crippen molar-refractivity contribution in [3.8, 4) is 0 Å². The van der Waals surface area contributed by atoms with Crippen LogP contribution < -0.4 is 0 Å². The van der Waals surface area contributed by atoms with E-state index in [0.717, 1.165) is 5.96 Å². The zero-order valence-corrected chi connectivity index (χ0v) is 6.60. The first-order valence-corrected chi connectivity index (χ1v) is 3.59. The summed E-state index contributed by atoms with van der Waals surface area (Å²) < 4.78 is 0. The number of hydrazine groups is 1. The minimum absolute atomic E-state index is 0.199. The van der Waals surface area contributed by atoms with E-state index in [2.05, 4.69) is 9.98 Å². The fourth-order valence-electron chi connectivity index (χ4n) is 1.12. The molecule has 0 N–H and O–H groups in total. The van der Waals surface area contributed by atoms with Crippen LogP contribution in [0.15, 0.2) is 22.3 Å². The SMILES string of the molecule is CC1N=C2N=CC=CN2N1C. The number of rotatable bonds is 0. The second-order valence-electron chi connectivity index (χ2n) is 2.60. The Morgan fingerprint density at radius 2 is 2.36 bits per heavy atom. The van der Waals surface area contributed by atoms with Gasteiger partial charge in [-0.25, -0.2) is 15.0 Å². The van der Waals surface area contributed by atoms with Crippen LogP contribution in [0.3, 0.4) is 0 Å². The van der Waals surface area contributed by atoms with Gasteiger partial charge in [-0.2, -0.15) is 5.01 Å². The molecule has 2 rings (SSSR count). The topological polar surface area (TPSA) is 31.2 Å². The average Bonchev–Trinajstić information content (AvgIpc) is 2.30. The van der Waals surface area contributed by atoms with E-state index < -0.39 is 0 Å². The fraction of sp³-hybridized carbons (Fsp3) is 0.429. The number of hydrogen-bond acceptors (Lipinski definition) is 4. The Bertz CT molecular complexity index is 253. The molecule has 11 heavy (non-hydrogen) atoms. The summed E-state index contributed by atoms with van der Waals surface area (Å²) in [6, 6.07) is 0. The summed E-state index contributed by atoms with van der Waals surface area (Å²) in [6.07, 6.45) is 5.80. The molecule has 0 saturated carbocycles. The Balaban J connectivity index is 2.32. The fourth-order valence-corrected chi connectivity index (χ4v) is 1.12. The van der Waals surface area contributed by atoms with Gasteiger partial charge in [0.1, 0.15) is 6.17 Å². The molecule has 2 heterocycles. The number of fused-ring (bicyclic) bond motifs is 1. The molecular formula is C7H10N4. The van der Waals surface area contributed by atoms with Crippen LogP contribution in [0, 0.1) is 0 Å². The third-order valence-corrected chi connectivity index (χ3v) is 1.89. The predicted octanol–water partition coefficient (Wildman–Crippen LogP) is 0.449. The van der Waals surface area contributed by atoms with E-state index in [9.17, 15) is 0 Å². The minimum atomic E-state index is 0.199. The van der Waals surface area contributed by atoms with Crippen LogP contribution in [0.25, 0.3) is 0 Å². The largest absolute Gasteiger partial charge is 0.247 e. The normalized spacial score (nSPS) is 29.1. The first-order valence-electron chi connectivity index (χ1n) is 3.59. The number of guanidine groups is 1. The van der Waals surface area contributed by atoms with E-state index in [1.165, 1.54) is 0 Å². The summed E-state index contributed by atoms with van der Waals surface area (Å²) >= 11 is 0. The molecule has 0 spiro atoms. The predicted molar refractivity (Wildman–Crippen MR) is 44.1 cm³/mol. The van der Waals surface area contributed by atoms with Gasteiger partial charge >= 0.3 is 0 Å². The standard InChI is InChI=1S/C7H10N4/c1-6-9-7-8-4-3-5-11(7)10(6)2/h3-6H,1-2H3. The summed E-state index contributed by atoms with van der Waals surface area (Å²) in [5.41, 5.74) is 0. The highest BCUT2D eigenvalue weighted by molar-refractivity contribution is 5.94. The van der Waals surface area contributed by atoms with Crippen LogP contribution in [-0.4, -0.2) is 35.4 Å². The number of aliphatic imine (C=N–C) groups is 2. The molecule has 0 aromatic heterocycles. The van der Waals surface area contributed by atoms with Crippen LogP contribution in [-0.2, 0) is 0 Å². The minimum Gasteiger partial charge on any atom is -0.247 e. The maximum Gasteiger partial charge on any atom is 0.241 e. The van der Waals surface area contributed by atoms with Gasteiger partial charge in [-0.05, 0) is 13.0 Å². The number of allylic oxidation sites excluding steroid dienone is 1. The molecule has 1 unspecified atom stereocenters. The van der Waals surface area contributed by atoms with Gasteiger partial charge in [-0.3, -0.25) is 0 Å². The van der Waals surface area contributed by atoms with Gasteiger partial charge in [0.15, 0.2) is 0 Å². The molecule has 0 radical (unpaired) electrons. The van der Waals surface area contributed by atoms with Gasteiger partial charge in [0.05, 0.1) is 0 Å². The molecule has 0 saturated heterocycles. The molecule has 4 heteroatoms. The molecule has 4 nitrogen and oxygen atoms in total. The summed E-state index contributed by atoms with van der Waals surface area (Å²) in [4.78, 5) is 8.43. The van der Waals surface area contributed by atoms with E-state index in [-0.39, 0.29) is 6.17 Å². The Kier molecular flexibility index (Phi) is 1.29. The lowest BCUT2D eigenvalue weighted by molar-refractivity contribution is 0.111. The Hall–Kier alpha value is -1.16. The van der Waals surface area contributed by atoms with Gasteiger partial charge in [-0.15, -0.1) is 0 Å². The van der Waals surface area contributed by atoms with Crippen molar-refractivity contribution in [2.45, 2.75) is 13.1 Å². The summed E-state index contributed by atoms with van der Waals surface area (Å²) in [5.74, 6) is 0.780. The monoisotopic (exact) mass is 150 g/mol. The highest BCUT2D eigenvalue weighted by atomic mass is 15.7. The van der Waals surface area contributed by atoms with Crippen LogP contribution in [0.2, 0.25) is 0 Å². The molecular weight excluding hydrogens is 140 g/mol. The molecule has 2 aliphatic heterocycles. The first kappa shape index (κ1) is 6.54. The van der Waals surface area contributed by atoms with Crippen LogP contribution in [0.5, 0.6) is 0 Å². The molecule has 58 valence electrons. The maximum atomic E-state index is 4.31. The van der Waals surface area contributed by atoms with Gasteiger partial charge in [0, 0.05) is 19.5 Å². The van der Waals surface area contributed by atoms with Crippen LogP contribution in [0.4, 0.5) is 0 Å². The maximum absolute atomic E-state index is 4.31. The van der Waals surface area contributed by atoms with Gasteiger partial charge in [0.25, 0.3) is 0 Å². The van der Waals surface area contributed by atoms with Crippen molar-refractivity contribution in [1.82, 2.24) is 10.0 Å². The number of nitrogens with zero attached hydrogens (tertiary/aromatic N) is 4. The molecule has 1 atom stereocenters. The van der Waals surface area contributed by atoms with E-state index in [0.29, 0.717) is 0 Å². The van der Waals surface area contributed by atoms with Crippen molar-refractivity contribution in [2.75, 3.05) is 7.05 Å². The van der Waals surface area contributed by atoms with Crippen molar-refractivity contribution in [3.05, 3.63) is 12.3 Å². The zero-order chi connectivity index (χ0) is 7.84. The van der Waals surface area contributed by atoms with Crippen molar-refractivity contribution >= 4 is 12.2 Å². The highest BCUT2D eigenvalue weighted by Crippen LogP contribution is 2.15. The second kappa shape index (κ2) is 2.17. The average molecular weight is 150 g/mol. The number of hydrogen-bond donors (Lipinski definition) is 0. The lowest BCUT2D eigenvalue weighted by atomic mass is 10.6. The van der Waals surface area contributed by atoms with Gasteiger partial charge in [-0.1, -0.05) is 0 Å². The molecule has 0 aliphatic carbocycles. The Labute approximate surface area is 65.5 Å². The first-order chi connectivity index (χ1) is 5.29. The molecule has 0 bridgehead atoms. The molecule has 2 aliphatic rings. The van der Waals surface area contributed by atoms with E-state index in [1.54, 1.807) is 6.21 Å². The van der Waals surface area contributed by atoms with Gasteiger partial charge in [0.2, 0.25) is 5.96 Å². The summed E-state index contributed by atoms with van der Waals surface area (Å²) in [6.45, 7) is 2.04. The highest BCUT2D eigenvalue weighted by Gasteiger charge is 2.26. The van der Waals surface area contributed by atoms with Crippen molar-refractivity contribution in [1.29, 1.82) is 0 Å². The summed E-state index contributed by atoms with van der Waals surface area (Å²) in [7, 11) is 1.99. The quantitative estimate of drug-likeness (QED) is 0.502. The van der Waals surface area contributed by atoms with Crippen molar-refractivity contribution < 1.29 is 0 Å². The second-order valence-corrected chi connectivity index (χ2v) is 2.60. The third-order valence-electron chi connectivity index (χ3n) is 1.89. The van der Waals surface area contributed by atoms with Crippen LogP contribution >= 0.6 is 0 Å². The third kappa shape index (κ3) is 0.867. The summed E-state index contributed by atoms with van der Waals surface area (Å²) in [5, 5.41) is 3.97. The molecule has 0 aromatic rings. The molecule has 0 aromatic carbocycles. The Morgan fingerprint density at radius 3 is 3.09 bits per heavy atom. The van der Waals surface area contributed by atoms with E-state index in [4.69, 9.17) is 0 Å². The van der Waals surface area contributed by atoms with E-state index >= 15 is 0 Å². The Morgan fingerprint density at radius 1 is 1.55 bits per heavy atom. The zero-order valence-electron chi connectivity index (χ0n) is 6.60. The lowest BCUT2D eigenvalue weighted by Gasteiger charge is -2.24. The van der Waals surface area contributed by atoms with Crippen molar-refractivity contribution in [2.24, 2.45) is 9.98 Å². The lowest BCUT2D eigenvalue weighted by Crippen LogP contribution is -2.37. The van der Waals surface area contributed by atoms with Crippen LogP contribution in [0.1, 0.15) is 6.92 Å². The van der Waals surface area contributed by atoms with Gasteiger partial charge < -0.3 is 0 Å². The van der Waals surface area contributed by atoms with E-state index in [1.807, 2.05) is 36.3 Å². The molecule has 0 fully saturated rings. The van der Waals surface area contributed by atoms with Crippen molar-refractivity contribution in [3.63, 3.8) is 0 Å².